The Morgan fingerprint density at radius 2 is 2.42 bits per heavy atom. The zero-order valence-corrected chi connectivity index (χ0v) is 15.0. The lowest BCUT2D eigenvalue weighted by molar-refractivity contribution is -0.0793. The molecule has 0 aliphatic carbocycles. The Kier molecular flexibility index (Phi) is 4.74. The summed E-state index contributed by atoms with van der Waals surface area (Å²) < 4.78 is 11.3. The van der Waals surface area contributed by atoms with Crippen LogP contribution in [0, 0.1) is 6.92 Å². The molecule has 0 bridgehead atoms. The number of pyridine rings is 1. The highest BCUT2D eigenvalue weighted by molar-refractivity contribution is 5.94. The van der Waals surface area contributed by atoms with E-state index in [0.29, 0.717) is 12.2 Å². The number of likely N-dealkylation sites (tertiary alicyclic amines) is 1. The van der Waals surface area contributed by atoms with Crippen molar-refractivity contribution in [3.63, 3.8) is 0 Å². The van der Waals surface area contributed by atoms with E-state index < -0.39 is 0 Å². The Hall–Kier alpha value is -2.25. The fourth-order valence-corrected chi connectivity index (χ4v) is 3.99. The van der Waals surface area contributed by atoms with Gasteiger partial charge in [0.05, 0.1) is 16.9 Å². The van der Waals surface area contributed by atoms with Gasteiger partial charge in [0.25, 0.3) is 5.91 Å². The lowest BCUT2D eigenvalue weighted by Crippen LogP contribution is -2.49. The predicted molar refractivity (Wildman–Crippen MR) is 94.5 cm³/mol. The van der Waals surface area contributed by atoms with Crippen LogP contribution < -0.4 is 5.32 Å². The highest BCUT2D eigenvalue weighted by Gasteiger charge is 2.43. The van der Waals surface area contributed by atoms with E-state index in [1.807, 2.05) is 13.0 Å². The van der Waals surface area contributed by atoms with E-state index in [1.165, 1.54) is 0 Å². The molecule has 1 amide bonds. The number of aryl methyl sites for hydroxylation is 1. The van der Waals surface area contributed by atoms with Crippen LogP contribution in [0.4, 0.5) is 0 Å². The molecule has 1 spiro atoms. The highest BCUT2D eigenvalue weighted by Crippen LogP contribution is 2.35. The summed E-state index contributed by atoms with van der Waals surface area (Å²) in [6.07, 6.45) is 5.93. The minimum atomic E-state index is -0.177. The third-order valence-corrected chi connectivity index (χ3v) is 5.21. The molecule has 2 aromatic rings. The average molecular weight is 356 g/mol. The summed E-state index contributed by atoms with van der Waals surface area (Å²) in [5.74, 6) is 0.772. The number of nitrogens with one attached hydrogen (secondary N) is 1. The summed E-state index contributed by atoms with van der Waals surface area (Å²) in [6.45, 7) is 5.18. The molecule has 1 N–H and O–H groups in total. The molecule has 2 aliphatic rings. The second-order valence-electron chi connectivity index (χ2n) is 7.33. The minimum Gasteiger partial charge on any atom is -0.373 e. The van der Waals surface area contributed by atoms with Crippen molar-refractivity contribution >= 4 is 5.91 Å². The Labute approximate surface area is 152 Å². The number of hydrogen-bond acceptors (Lipinski definition) is 6. The second-order valence-corrected chi connectivity index (χ2v) is 7.33. The maximum absolute atomic E-state index is 12.4. The van der Waals surface area contributed by atoms with Gasteiger partial charge in [-0.25, -0.2) is 0 Å². The maximum atomic E-state index is 12.4. The van der Waals surface area contributed by atoms with Gasteiger partial charge >= 0.3 is 0 Å². The Balaban J connectivity index is 1.35. The van der Waals surface area contributed by atoms with Crippen molar-refractivity contribution in [1.82, 2.24) is 20.4 Å². The van der Waals surface area contributed by atoms with Crippen molar-refractivity contribution in [3.8, 4) is 0 Å². The van der Waals surface area contributed by atoms with Crippen LogP contribution in [0.2, 0.25) is 0 Å². The topological polar surface area (TPSA) is 80.5 Å². The minimum absolute atomic E-state index is 0.0620. The van der Waals surface area contributed by atoms with Gasteiger partial charge in [-0.2, -0.15) is 0 Å². The van der Waals surface area contributed by atoms with Gasteiger partial charge in [0.2, 0.25) is 0 Å². The first-order valence-electron chi connectivity index (χ1n) is 9.11. The first kappa shape index (κ1) is 17.2. The van der Waals surface area contributed by atoms with E-state index in [4.69, 9.17) is 9.26 Å². The molecule has 138 valence electrons. The van der Waals surface area contributed by atoms with Crippen molar-refractivity contribution in [1.29, 1.82) is 0 Å². The zero-order chi connectivity index (χ0) is 18.0. The molecule has 2 aromatic heterocycles. The van der Waals surface area contributed by atoms with E-state index in [9.17, 15) is 4.79 Å². The molecule has 26 heavy (non-hydrogen) atoms. The smallest absolute Gasteiger partial charge is 0.253 e. The SMILES string of the molecule is Cc1cc(CN2CC[C@]3(C[C@H](NC(=O)c4cccnc4)CCO3)C2)no1. The van der Waals surface area contributed by atoms with Gasteiger partial charge in [-0.15, -0.1) is 0 Å². The quantitative estimate of drug-likeness (QED) is 0.902. The van der Waals surface area contributed by atoms with Crippen molar-refractivity contribution in [3.05, 3.63) is 47.6 Å². The van der Waals surface area contributed by atoms with Gasteiger partial charge in [-0.3, -0.25) is 14.7 Å². The van der Waals surface area contributed by atoms with Crippen LogP contribution in [-0.4, -0.2) is 52.3 Å². The van der Waals surface area contributed by atoms with Crippen LogP contribution in [-0.2, 0) is 11.3 Å². The van der Waals surface area contributed by atoms with Crippen LogP contribution in [0.1, 0.15) is 41.1 Å². The largest absolute Gasteiger partial charge is 0.373 e. The van der Waals surface area contributed by atoms with E-state index >= 15 is 0 Å². The molecule has 7 heteroatoms. The van der Waals surface area contributed by atoms with Crippen LogP contribution in [0.25, 0.3) is 0 Å². The predicted octanol–water partition coefficient (Wildman–Crippen LogP) is 1.93. The molecular formula is C19H24N4O3. The number of ether oxygens (including phenoxy) is 1. The third kappa shape index (κ3) is 3.78. The molecule has 2 atom stereocenters. The molecule has 7 nitrogen and oxygen atoms in total. The van der Waals surface area contributed by atoms with E-state index in [2.05, 4.69) is 20.4 Å². The lowest BCUT2D eigenvalue weighted by atomic mass is 9.89. The molecule has 2 saturated heterocycles. The van der Waals surface area contributed by atoms with Gasteiger partial charge in [-0.05, 0) is 38.3 Å². The fraction of sp³-hybridized carbons (Fsp3) is 0.526. The van der Waals surface area contributed by atoms with Gasteiger partial charge in [0.1, 0.15) is 5.76 Å². The van der Waals surface area contributed by atoms with Gasteiger partial charge < -0.3 is 14.6 Å². The summed E-state index contributed by atoms with van der Waals surface area (Å²) >= 11 is 0. The first-order valence-corrected chi connectivity index (χ1v) is 9.11. The first-order chi connectivity index (χ1) is 12.6. The van der Waals surface area contributed by atoms with Crippen LogP contribution in [0.5, 0.6) is 0 Å². The number of carbonyl (C=O) groups excluding carboxylic acids is 1. The standard InChI is InChI=1S/C19H24N4O3/c1-14-9-17(22-26-14)12-23-7-5-19(13-23)10-16(4-8-25-19)21-18(24)15-3-2-6-20-11-15/h2-3,6,9,11,16H,4-5,7-8,10,12-13H2,1H3,(H,21,24)/t16-,19+/m1/s1. The Morgan fingerprint density at radius 3 is 3.19 bits per heavy atom. The molecule has 2 fully saturated rings. The normalized spacial score (nSPS) is 26.3. The molecule has 0 unspecified atom stereocenters. The summed E-state index contributed by atoms with van der Waals surface area (Å²) in [4.78, 5) is 18.8. The fourth-order valence-electron chi connectivity index (χ4n) is 3.99. The number of rotatable bonds is 4. The lowest BCUT2D eigenvalue weighted by Gasteiger charge is -2.38. The van der Waals surface area contributed by atoms with Crippen molar-refractivity contribution in [2.45, 2.75) is 44.4 Å². The number of carbonyl (C=O) groups is 1. The van der Waals surface area contributed by atoms with Gasteiger partial charge in [-0.1, -0.05) is 5.16 Å². The van der Waals surface area contributed by atoms with Crippen molar-refractivity contribution in [2.75, 3.05) is 19.7 Å². The van der Waals surface area contributed by atoms with Crippen LogP contribution in [0.15, 0.2) is 35.1 Å². The second kappa shape index (κ2) is 7.17. The maximum Gasteiger partial charge on any atom is 0.253 e. The van der Waals surface area contributed by atoms with E-state index in [0.717, 1.165) is 50.4 Å². The number of nitrogens with zero attached hydrogens (tertiary/aromatic N) is 3. The van der Waals surface area contributed by atoms with Gasteiger partial charge in [0.15, 0.2) is 0 Å². The number of hydrogen-bond donors (Lipinski definition) is 1. The van der Waals surface area contributed by atoms with Gasteiger partial charge in [0, 0.05) is 50.7 Å². The van der Waals surface area contributed by atoms with E-state index in [1.54, 1.807) is 24.5 Å². The molecule has 4 rings (SSSR count). The van der Waals surface area contributed by atoms with Crippen LogP contribution >= 0.6 is 0 Å². The highest BCUT2D eigenvalue weighted by atomic mass is 16.5. The number of aromatic nitrogens is 2. The molecular weight excluding hydrogens is 332 g/mol. The average Bonchev–Trinajstić information content (AvgIpc) is 3.22. The summed E-state index contributed by atoms with van der Waals surface area (Å²) in [5, 5.41) is 7.23. The third-order valence-electron chi connectivity index (χ3n) is 5.21. The molecule has 2 aliphatic heterocycles. The Bertz CT molecular complexity index is 763. The number of amides is 1. The molecule has 0 radical (unpaired) electrons. The Morgan fingerprint density at radius 1 is 1.50 bits per heavy atom. The molecule has 0 saturated carbocycles. The zero-order valence-electron chi connectivity index (χ0n) is 15.0. The van der Waals surface area contributed by atoms with Crippen molar-refractivity contribution in [2.24, 2.45) is 0 Å². The van der Waals surface area contributed by atoms with Crippen LogP contribution in [0.3, 0.4) is 0 Å². The van der Waals surface area contributed by atoms with E-state index in [-0.39, 0.29) is 17.6 Å². The summed E-state index contributed by atoms with van der Waals surface area (Å²) in [7, 11) is 0. The molecule has 4 heterocycles. The monoisotopic (exact) mass is 356 g/mol. The van der Waals surface area contributed by atoms with Crippen molar-refractivity contribution < 1.29 is 14.1 Å². The molecule has 0 aromatic carbocycles. The summed E-state index contributed by atoms with van der Waals surface area (Å²) in [6, 6.07) is 5.67. The summed E-state index contributed by atoms with van der Waals surface area (Å²) in [5.41, 5.74) is 1.38.